The highest BCUT2D eigenvalue weighted by Crippen LogP contribution is 2.32. The van der Waals surface area contributed by atoms with Crippen LogP contribution in [0.3, 0.4) is 0 Å². The molecule has 164 valence electrons. The first kappa shape index (κ1) is 20.6. The Morgan fingerprint density at radius 2 is 1.69 bits per heavy atom. The van der Waals surface area contributed by atoms with Crippen molar-refractivity contribution < 1.29 is 19.7 Å². The fourth-order valence-electron chi connectivity index (χ4n) is 4.17. The highest BCUT2D eigenvalue weighted by molar-refractivity contribution is 5.98. The molecular weight excluding hydrogens is 412 g/mol. The minimum atomic E-state index is -1.15. The second-order valence-corrected chi connectivity index (χ2v) is 7.91. The van der Waals surface area contributed by atoms with Gasteiger partial charge in [0.1, 0.15) is 18.3 Å². The summed E-state index contributed by atoms with van der Waals surface area (Å²) in [4.78, 5) is 25.8. The van der Waals surface area contributed by atoms with Gasteiger partial charge in [-0.3, -0.25) is 14.3 Å². The van der Waals surface area contributed by atoms with E-state index in [0.29, 0.717) is 0 Å². The highest BCUT2D eigenvalue weighted by atomic mass is 16.6. The van der Waals surface area contributed by atoms with E-state index >= 15 is 0 Å². The number of benzene rings is 3. The Balaban J connectivity index is 1.42. The molecule has 2 heterocycles. The third kappa shape index (κ3) is 3.74. The number of aliphatic hydroxyl groups is 2. The Kier molecular flexibility index (Phi) is 5.36. The van der Waals surface area contributed by atoms with Gasteiger partial charge in [-0.25, -0.2) is 4.79 Å². The van der Waals surface area contributed by atoms with Crippen LogP contribution in [0.4, 0.5) is 0 Å². The van der Waals surface area contributed by atoms with Gasteiger partial charge in [-0.15, -0.1) is 0 Å². The number of nitrogens with zero attached hydrogens (tertiary/aromatic N) is 1. The zero-order valence-electron chi connectivity index (χ0n) is 17.0. The zero-order chi connectivity index (χ0) is 22.2. The summed E-state index contributed by atoms with van der Waals surface area (Å²) < 4.78 is 12.8. The SMILES string of the molecule is O=c1ccn([C@@H]2O[C@H](CO)[C@@H](O)[C@H]2OCc2ccc3cc4ccccc4cc3c2)c(=O)[nH]1. The van der Waals surface area contributed by atoms with E-state index in [0.717, 1.165) is 26.3 Å². The van der Waals surface area contributed by atoms with Crippen LogP contribution in [-0.4, -0.2) is 44.7 Å². The number of ether oxygens (including phenoxy) is 2. The van der Waals surface area contributed by atoms with Crippen LogP contribution in [0.5, 0.6) is 0 Å². The van der Waals surface area contributed by atoms with Crippen LogP contribution in [0.15, 0.2) is 76.4 Å². The molecule has 8 nitrogen and oxygen atoms in total. The largest absolute Gasteiger partial charge is 0.394 e. The van der Waals surface area contributed by atoms with Crippen molar-refractivity contribution in [2.75, 3.05) is 6.61 Å². The molecule has 1 aliphatic rings. The normalized spacial score (nSPS) is 23.2. The van der Waals surface area contributed by atoms with Gasteiger partial charge in [0.25, 0.3) is 5.56 Å². The van der Waals surface area contributed by atoms with Gasteiger partial charge >= 0.3 is 5.69 Å². The summed E-state index contributed by atoms with van der Waals surface area (Å²) in [5.41, 5.74) is -0.330. The average Bonchev–Trinajstić information content (AvgIpc) is 3.11. The van der Waals surface area contributed by atoms with Crippen LogP contribution in [-0.2, 0) is 16.1 Å². The zero-order valence-corrected chi connectivity index (χ0v) is 17.0. The van der Waals surface area contributed by atoms with Crippen molar-refractivity contribution in [2.45, 2.75) is 31.1 Å². The number of nitrogens with one attached hydrogen (secondary N) is 1. The van der Waals surface area contributed by atoms with Crippen molar-refractivity contribution >= 4 is 21.5 Å². The molecule has 1 aliphatic heterocycles. The maximum Gasteiger partial charge on any atom is 0.330 e. The third-order valence-corrected chi connectivity index (χ3v) is 5.83. The number of hydrogen-bond donors (Lipinski definition) is 3. The van der Waals surface area contributed by atoms with E-state index in [1.807, 2.05) is 30.3 Å². The van der Waals surface area contributed by atoms with E-state index in [2.05, 4.69) is 29.2 Å². The topological polar surface area (TPSA) is 114 Å². The summed E-state index contributed by atoms with van der Waals surface area (Å²) in [7, 11) is 0. The Hall–Kier alpha value is -3.30. The molecule has 0 amide bonds. The molecule has 4 atom stereocenters. The number of aromatic amines is 1. The average molecular weight is 434 g/mol. The van der Waals surface area contributed by atoms with Gasteiger partial charge in [0.2, 0.25) is 0 Å². The minimum Gasteiger partial charge on any atom is -0.394 e. The lowest BCUT2D eigenvalue weighted by Gasteiger charge is -2.22. The number of aromatic nitrogens is 2. The summed E-state index contributed by atoms with van der Waals surface area (Å²) in [6.45, 7) is -0.265. The number of fused-ring (bicyclic) bond motifs is 2. The molecule has 3 aromatic carbocycles. The van der Waals surface area contributed by atoms with Crippen molar-refractivity contribution in [1.29, 1.82) is 0 Å². The molecule has 3 N–H and O–H groups in total. The van der Waals surface area contributed by atoms with Crippen molar-refractivity contribution in [3.63, 3.8) is 0 Å². The van der Waals surface area contributed by atoms with Crippen molar-refractivity contribution in [1.82, 2.24) is 9.55 Å². The maximum absolute atomic E-state index is 12.2. The Labute approximate surface area is 182 Å². The van der Waals surface area contributed by atoms with Gasteiger partial charge in [0.15, 0.2) is 6.23 Å². The van der Waals surface area contributed by atoms with Gasteiger partial charge in [-0.1, -0.05) is 36.4 Å². The first-order valence-electron chi connectivity index (χ1n) is 10.3. The molecule has 0 bridgehead atoms. The van der Waals surface area contributed by atoms with E-state index < -0.39 is 42.4 Å². The van der Waals surface area contributed by atoms with Crippen LogP contribution in [0, 0.1) is 0 Å². The Morgan fingerprint density at radius 3 is 2.41 bits per heavy atom. The lowest BCUT2D eigenvalue weighted by Crippen LogP contribution is -2.39. The number of aliphatic hydroxyl groups excluding tert-OH is 2. The summed E-state index contributed by atoms with van der Waals surface area (Å²) in [5, 5.41) is 24.6. The lowest BCUT2D eigenvalue weighted by molar-refractivity contribution is -0.0797. The Morgan fingerprint density at radius 1 is 0.969 bits per heavy atom. The molecule has 4 aromatic rings. The maximum atomic E-state index is 12.2. The number of H-pyrrole nitrogens is 1. The molecular formula is C24H22N2O6. The third-order valence-electron chi connectivity index (χ3n) is 5.83. The molecule has 0 aliphatic carbocycles. The fourth-order valence-corrected chi connectivity index (χ4v) is 4.17. The molecule has 8 heteroatoms. The molecule has 1 fully saturated rings. The predicted octanol–water partition coefficient (Wildman–Crippen LogP) is 1.68. The van der Waals surface area contributed by atoms with Gasteiger partial charge in [-0.05, 0) is 45.3 Å². The monoisotopic (exact) mass is 434 g/mol. The van der Waals surface area contributed by atoms with Gasteiger partial charge in [-0.2, -0.15) is 0 Å². The van der Waals surface area contributed by atoms with Crippen molar-refractivity contribution in [3.8, 4) is 0 Å². The van der Waals surface area contributed by atoms with Gasteiger partial charge in [0, 0.05) is 12.3 Å². The first-order chi connectivity index (χ1) is 15.5. The quantitative estimate of drug-likeness (QED) is 0.412. The van der Waals surface area contributed by atoms with Gasteiger partial charge < -0.3 is 19.7 Å². The summed E-state index contributed by atoms with van der Waals surface area (Å²) in [5.74, 6) is 0. The van der Waals surface area contributed by atoms with Crippen molar-refractivity contribution in [3.05, 3.63) is 93.3 Å². The van der Waals surface area contributed by atoms with E-state index in [1.165, 1.54) is 17.6 Å². The lowest BCUT2D eigenvalue weighted by atomic mass is 10.0. The van der Waals surface area contributed by atoms with E-state index in [4.69, 9.17) is 9.47 Å². The van der Waals surface area contributed by atoms with Gasteiger partial charge in [0.05, 0.1) is 13.2 Å². The standard InChI is InChI=1S/C24H22N2O6/c27-12-19-21(29)22(23(32-19)26-8-7-20(28)25-24(26)30)31-13-14-5-6-17-10-15-3-1-2-4-16(15)11-18(17)9-14/h1-11,19,21-23,27,29H,12-13H2,(H,25,28,30)/t19-,21-,22-,23-/m1/s1. The predicted molar refractivity (Wildman–Crippen MR) is 118 cm³/mol. The van der Waals surface area contributed by atoms with E-state index in [-0.39, 0.29) is 6.61 Å². The molecule has 5 rings (SSSR count). The molecule has 0 radical (unpaired) electrons. The molecule has 0 unspecified atom stereocenters. The van der Waals surface area contributed by atoms with Crippen LogP contribution in [0.2, 0.25) is 0 Å². The summed E-state index contributed by atoms with van der Waals surface area (Å²) in [6, 6.07) is 19.6. The molecule has 1 saturated heterocycles. The fraction of sp³-hybridized carbons (Fsp3) is 0.250. The molecule has 0 saturated carbocycles. The highest BCUT2D eigenvalue weighted by Gasteiger charge is 2.45. The Bertz CT molecular complexity index is 1390. The van der Waals surface area contributed by atoms with Crippen LogP contribution < -0.4 is 11.2 Å². The second-order valence-electron chi connectivity index (χ2n) is 7.91. The molecule has 32 heavy (non-hydrogen) atoms. The van der Waals surface area contributed by atoms with E-state index in [9.17, 15) is 19.8 Å². The van der Waals surface area contributed by atoms with Crippen LogP contribution >= 0.6 is 0 Å². The molecule has 0 spiro atoms. The summed E-state index contributed by atoms with van der Waals surface area (Å²) in [6.07, 6.45) is -2.67. The second kappa shape index (κ2) is 8.33. The summed E-state index contributed by atoms with van der Waals surface area (Å²) >= 11 is 0. The minimum absolute atomic E-state index is 0.167. The van der Waals surface area contributed by atoms with E-state index in [1.54, 1.807) is 0 Å². The molecule has 1 aromatic heterocycles. The van der Waals surface area contributed by atoms with Crippen LogP contribution in [0.1, 0.15) is 11.8 Å². The number of rotatable bonds is 5. The van der Waals surface area contributed by atoms with Crippen molar-refractivity contribution in [2.24, 2.45) is 0 Å². The van der Waals surface area contributed by atoms with Crippen LogP contribution in [0.25, 0.3) is 21.5 Å². The number of hydrogen-bond acceptors (Lipinski definition) is 6. The smallest absolute Gasteiger partial charge is 0.330 e. The first-order valence-corrected chi connectivity index (χ1v) is 10.3.